The Morgan fingerprint density at radius 2 is 0.740 bits per heavy atom. The van der Waals surface area contributed by atoms with Crippen molar-refractivity contribution in [1.29, 1.82) is 0 Å². The summed E-state index contributed by atoms with van der Waals surface area (Å²) >= 11 is 0. The van der Waals surface area contributed by atoms with Crippen molar-refractivity contribution >= 4 is 43.7 Å². The topological polar surface area (TPSA) is 22.8 Å². The van der Waals surface area contributed by atoms with Crippen LogP contribution in [0.25, 0.3) is 99.6 Å². The van der Waals surface area contributed by atoms with Crippen LogP contribution in [0, 0.1) is 0 Å². The fraction of sp³-hybridized carbons (Fsp3) is 0. The standard InChI is InChI=1S/C47H29N3/c1-2-13-33-32(12-1)34-14-3-4-16-36(34)38-25-23-30(28-42(38)37-17-6-5-15-35(33)37)49-44-21-9-8-19-40(44)43-29-31(24-26-46(43)49)50-45-22-10-7-18-39(45)41-20-11-27-48-47(41)50/h1-29H. The van der Waals surface area contributed by atoms with Crippen LogP contribution in [0.2, 0.25) is 0 Å². The highest BCUT2D eigenvalue weighted by atomic mass is 15.0. The number of aromatic nitrogens is 3. The highest BCUT2D eigenvalue weighted by molar-refractivity contribution is 6.12. The Balaban J connectivity index is 1.18. The van der Waals surface area contributed by atoms with Gasteiger partial charge in [0.25, 0.3) is 0 Å². The lowest BCUT2D eigenvalue weighted by Crippen LogP contribution is -2.00. The lowest BCUT2D eigenvalue weighted by Gasteiger charge is -2.24. The molecule has 0 radical (unpaired) electrons. The lowest BCUT2D eigenvalue weighted by molar-refractivity contribution is 1.13. The average Bonchev–Trinajstić information content (AvgIpc) is 3.70. The molecular formula is C47H29N3. The van der Waals surface area contributed by atoms with Gasteiger partial charge < -0.3 is 4.57 Å². The Morgan fingerprint density at radius 1 is 0.300 bits per heavy atom. The molecule has 10 aromatic rings. The number of para-hydroxylation sites is 2. The second-order valence-corrected chi connectivity index (χ2v) is 13.1. The van der Waals surface area contributed by atoms with Crippen molar-refractivity contribution in [2.45, 2.75) is 0 Å². The van der Waals surface area contributed by atoms with Crippen LogP contribution < -0.4 is 0 Å². The van der Waals surface area contributed by atoms with Crippen LogP contribution in [-0.4, -0.2) is 14.1 Å². The summed E-state index contributed by atoms with van der Waals surface area (Å²) in [6.45, 7) is 0. The van der Waals surface area contributed by atoms with E-state index in [0.29, 0.717) is 0 Å². The van der Waals surface area contributed by atoms with E-state index in [-0.39, 0.29) is 0 Å². The normalized spacial score (nSPS) is 12.0. The van der Waals surface area contributed by atoms with E-state index in [1.54, 1.807) is 0 Å². The van der Waals surface area contributed by atoms with Gasteiger partial charge in [0.2, 0.25) is 0 Å². The van der Waals surface area contributed by atoms with Crippen LogP contribution in [0.15, 0.2) is 176 Å². The highest BCUT2D eigenvalue weighted by Gasteiger charge is 2.23. The minimum absolute atomic E-state index is 0.971. The first-order valence-corrected chi connectivity index (χ1v) is 17.1. The molecule has 3 heteroatoms. The van der Waals surface area contributed by atoms with E-state index in [1.165, 1.54) is 71.7 Å². The maximum absolute atomic E-state index is 4.85. The van der Waals surface area contributed by atoms with Gasteiger partial charge in [-0.3, -0.25) is 4.57 Å². The Kier molecular flexibility index (Phi) is 5.67. The molecule has 0 N–H and O–H groups in total. The second-order valence-electron chi connectivity index (χ2n) is 13.1. The Labute approximate surface area is 288 Å². The van der Waals surface area contributed by atoms with E-state index in [9.17, 15) is 0 Å². The third-order valence-corrected chi connectivity index (χ3v) is 10.6. The monoisotopic (exact) mass is 635 g/mol. The van der Waals surface area contributed by atoms with Gasteiger partial charge in [-0.1, -0.05) is 115 Å². The SMILES string of the molecule is c1ccc2c(c1)-c1ccccc1-c1ccc(-n3c4ccccc4c4cc(-n5c6ccccc6c6cccnc65)ccc43)cc1-c1ccccc1-2. The maximum atomic E-state index is 4.85. The van der Waals surface area contributed by atoms with Crippen LogP contribution in [0.3, 0.4) is 0 Å². The van der Waals surface area contributed by atoms with E-state index in [4.69, 9.17) is 4.98 Å². The maximum Gasteiger partial charge on any atom is 0.145 e. The molecule has 0 bridgehead atoms. The van der Waals surface area contributed by atoms with Gasteiger partial charge in [0.1, 0.15) is 5.65 Å². The Morgan fingerprint density at radius 3 is 1.38 bits per heavy atom. The van der Waals surface area contributed by atoms with Gasteiger partial charge in [-0.2, -0.15) is 0 Å². The molecule has 0 fully saturated rings. The zero-order valence-corrected chi connectivity index (χ0v) is 27.1. The molecule has 7 aromatic carbocycles. The molecule has 0 amide bonds. The molecule has 3 aromatic heterocycles. The third-order valence-electron chi connectivity index (χ3n) is 10.6. The van der Waals surface area contributed by atoms with Crippen molar-refractivity contribution in [2.75, 3.05) is 0 Å². The summed E-state index contributed by atoms with van der Waals surface area (Å²) in [5.74, 6) is 0. The molecule has 0 spiro atoms. The van der Waals surface area contributed by atoms with Crippen molar-refractivity contribution < 1.29 is 0 Å². The summed E-state index contributed by atoms with van der Waals surface area (Å²) < 4.78 is 4.73. The predicted octanol–water partition coefficient (Wildman–Crippen LogP) is 12.3. The summed E-state index contributed by atoms with van der Waals surface area (Å²) in [5.41, 5.74) is 16.7. The molecule has 232 valence electrons. The van der Waals surface area contributed by atoms with E-state index >= 15 is 0 Å². The van der Waals surface area contributed by atoms with Gasteiger partial charge in [-0.05, 0) is 99.1 Å². The molecule has 0 aliphatic heterocycles. The van der Waals surface area contributed by atoms with Crippen LogP contribution >= 0.6 is 0 Å². The summed E-state index contributed by atoms with van der Waals surface area (Å²) in [6, 6.07) is 62.0. The largest absolute Gasteiger partial charge is 0.309 e. The quantitative estimate of drug-likeness (QED) is 0.185. The van der Waals surface area contributed by atoms with Crippen LogP contribution in [-0.2, 0) is 0 Å². The van der Waals surface area contributed by atoms with Gasteiger partial charge in [-0.15, -0.1) is 0 Å². The number of benzene rings is 7. The number of fused-ring (bicyclic) bond motifs is 14. The van der Waals surface area contributed by atoms with Crippen LogP contribution in [0.1, 0.15) is 0 Å². The fourth-order valence-electron chi connectivity index (χ4n) is 8.42. The zero-order chi connectivity index (χ0) is 32.8. The lowest BCUT2D eigenvalue weighted by atomic mass is 9.81. The zero-order valence-electron chi connectivity index (χ0n) is 27.1. The van der Waals surface area contributed by atoms with Gasteiger partial charge in [0.05, 0.1) is 16.6 Å². The van der Waals surface area contributed by atoms with Crippen molar-refractivity contribution in [3.8, 4) is 55.9 Å². The first-order valence-electron chi connectivity index (χ1n) is 17.1. The highest BCUT2D eigenvalue weighted by Crippen LogP contribution is 2.48. The minimum atomic E-state index is 0.971. The van der Waals surface area contributed by atoms with Crippen molar-refractivity contribution in [3.05, 3.63) is 176 Å². The molecule has 0 atom stereocenters. The van der Waals surface area contributed by atoms with Gasteiger partial charge in [-0.25, -0.2) is 4.98 Å². The first kappa shape index (κ1) is 27.3. The van der Waals surface area contributed by atoms with Crippen LogP contribution in [0.4, 0.5) is 0 Å². The molecule has 1 aliphatic carbocycles. The average molecular weight is 636 g/mol. The van der Waals surface area contributed by atoms with Gasteiger partial charge >= 0.3 is 0 Å². The molecule has 3 nitrogen and oxygen atoms in total. The third kappa shape index (κ3) is 3.77. The summed E-state index contributed by atoms with van der Waals surface area (Å²) in [4.78, 5) is 4.85. The Hall–Kier alpha value is -6.71. The predicted molar refractivity (Wildman–Crippen MR) is 208 cm³/mol. The number of hydrogen-bond donors (Lipinski definition) is 0. The molecule has 0 saturated carbocycles. The van der Waals surface area contributed by atoms with E-state index in [2.05, 4.69) is 173 Å². The number of nitrogens with zero attached hydrogens (tertiary/aromatic N) is 3. The van der Waals surface area contributed by atoms with Crippen molar-refractivity contribution in [1.82, 2.24) is 14.1 Å². The molecule has 0 saturated heterocycles. The van der Waals surface area contributed by atoms with Gasteiger partial charge in [0.15, 0.2) is 0 Å². The molecular weight excluding hydrogens is 607 g/mol. The number of rotatable bonds is 2. The molecule has 3 heterocycles. The van der Waals surface area contributed by atoms with E-state index in [1.807, 2.05) is 12.3 Å². The fourth-order valence-corrected chi connectivity index (χ4v) is 8.42. The summed E-state index contributed by atoms with van der Waals surface area (Å²) in [6.07, 6.45) is 1.89. The van der Waals surface area contributed by atoms with E-state index < -0.39 is 0 Å². The van der Waals surface area contributed by atoms with E-state index in [0.717, 1.165) is 27.9 Å². The second kappa shape index (κ2) is 10.4. The molecule has 0 unspecified atom stereocenters. The molecule has 11 rings (SSSR count). The number of hydrogen-bond acceptors (Lipinski definition) is 1. The smallest absolute Gasteiger partial charge is 0.145 e. The molecule has 1 aliphatic rings. The molecule has 50 heavy (non-hydrogen) atoms. The Bertz CT molecular complexity index is 2940. The summed E-state index contributed by atoms with van der Waals surface area (Å²) in [5, 5.41) is 4.81. The van der Waals surface area contributed by atoms with Crippen LogP contribution in [0.5, 0.6) is 0 Å². The number of pyridine rings is 1. The summed E-state index contributed by atoms with van der Waals surface area (Å²) in [7, 11) is 0. The van der Waals surface area contributed by atoms with Crippen molar-refractivity contribution in [3.63, 3.8) is 0 Å². The van der Waals surface area contributed by atoms with Crippen molar-refractivity contribution in [2.24, 2.45) is 0 Å². The first-order chi connectivity index (χ1) is 24.8. The minimum Gasteiger partial charge on any atom is -0.309 e. The van der Waals surface area contributed by atoms with Gasteiger partial charge in [0, 0.05) is 39.1 Å².